The summed E-state index contributed by atoms with van der Waals surface area (Å²) in [4.78, 5) is 18.2. The molecular formula is C13H17BrN2O. The van der Waals surface area contributed by atoms with E-state index in [2.05, 4.69) is 34.8 Å². The maximum atomic E-state index is 12.2. The molecule has 2 rings (SSSR count). The molecule has 0 spiro atoms. The molecule has 1 aromatic heterocycles. The average Bonchev–Trinajstić information content (AvgIpc) is 2.78. The monoisotopic (exact) mass is 296 g/mol. The van der Waals surface area contributed by atoms with E-state index in [0.717, 1.165) is 24.1 Å². The van der Waals surface area contributed by atoms with Crippen molar-refractivity contribution in [3.63, 3.8) is 0 Å². The van der Waals surface area contributed by atoms with E-state index in [4.69, 9.17) is 0 Å². The number of rotatable bonds is 2. The topological polar surface area (TPSA) is 33.2 Å². The van der Waals surface area contributed by atoms with Crippen LogP contribution < -0.4 is 0 Å². The summed E-state index contributed by atoms with van der Waals surface area (Å²) in [6.45, 7) is 6.20. The Morgan fingerprint density at radius 3 is 2.82 bits per heavy atom. The Morgan fingerprint density at radius 1 is 1.53 bits per heavy atom. The van der Waals surface area contributed by atoms with Gasteiger partial charge in [-0.05, 0) is 46.3 Å². The third-order valence-corrected chi connectivity index (χ3v) is 3.90. The zero-order valence-corrected chi connectivity index (χ0v) is 11.8. The van der Waals surface area contributed by atoms with Crippen molar-refractivity contribution in [2.45, 2.75) is 20.3 Å². The number of carbonyl (C=O) groups is 1. The van der Waals surface area contributed by atoms with Crippen molar-refractivity contribution in [1.82, 2.24) is 9.88 Å². The Morgan fingerprint density at radius 2 is 2.29 bits per heavy atom. The second-order valence-corrected chi connectivity index (χ2v) is 5.73. The molecule has 3 nitrogen and oxygen atoms in total. The number of carbonyl (C=O) groups excluding carboxylic acids is 1. The SMILES string of the molecule is CC(C)C1CCN(C(=O)c2ccc(Br)nc2)C1. The summed E-state index contributed by atoms with van der Waals surface area (Å²) in [6.07, 6.45) is 2.75. The molecule has 0 bridgehead atoms. The molecule has 0 N–H and O–H groups in total. The van der Waals surface area contributed by atoms with Gasteiger partial charge in [0.25, 0.3) is 5.91 Å². The van der Waals surface area contributed by atoms with Gasteiger partial charge in [-0.1, -0.05) is 13.8 Å². The van der Waals surface area contributed by atoms with Gasteiger partial charge in [0.15, 0.2) is 0 Å². The third-order valence-electron chi connectivity index (χ3n) is 3.43. The highest BCUT2D eigenvalue weighted by Crippen LogP contribution is 2.24. The van der Waals surface area contributed by atoms with Gasteiger partial charge in [0.05, 0.1) is 5.56 Å². The van der Waals surface area contributed by atoms with Crippen LogP contribution in [0.5, 0.6) is 0 Å². The van der Waals surface area contributed by atoms with Crippen molar-refractivity contribution in [3.05, 3.63) is 28.5 Å². The Balaban J connectivity index is 2.04. The van der Waals surface area contributed by atoms with Gasteiger partial charge < -0.3 is 4.90 Å². The molecule has 1 aliphatic rings. The number of amides is 1. The minimum absolute atomic E-state index is 0.105. The second kappa shape index (κ2) is 5.17. The largest absolute Gasteiger partial charge is 0.338 e. The first kappa shape index (κ1) is 12.6. The van der Waals surface area contributed by atoms with E-state index in [1.165, 1.54) is 0 Å². The zero-order chi connectivity index (χ0) is 12.4. The number of hydrogen-bond acceptors (Lipinski definition) is 2. The minimum Gasteiger partial charge on any atom is -0.338 e. The molecule has 92 valence electrons. The highest BCUT2D eigenvalue weighted by molar-refractivity contribution is 9.10. The molecule has 17 heavy (non-hydrogen) atoms. The number of likely N-dealkylation sites (tertiary alicyclic amines) is 1. The van der Waals surface area contributed by atoms with Crippen LogP contribution in [0.2, 0.25) is 0 Å². The van der Waals surface area contributed by atoms with Crippen LogP contribution in [0.3, 0.4) is 0 Å². The minimum atomic E-state index is 0.105. The van der Waals surface area contributed by atoms with Gasteiger partial charge in [0.1, 0.15) is 4.60 Å². The second-order valence-electron chi connectivity index (χ2n) is 4.91. The molecule has 0 saturated carbocycles. The fraction of sp³-hybridized carbons (Fsp3) is 0.538. The molecule has 0 aromatic carbocycles. The van der Waals surface area contributed by atoms with Crippen molar-refractivity contribution in [1.29, 1.82) is 0 Å². The molecule has 1 aliphatic heterocycles. The summed E-state index contributed by atoms with van der Waals surface area (Å²) in [7, 11) is 0. The van der Waals surface area contributed by atoms with Gasteiger partial charge in [-0.15, -0.1) is 0 Å². The molecule has 4 heteroatoms. The quantitative estimate of drug-likeness (QED) is 0.786. The van der Waals surface area contributed by atoms with E-state index < -0.39 is 0 Å². The van der Waals surface area contributed by atoms with E-state index in [9.17, 15) is 4.79 Å². The summed E-state index contributed by atoms with van der Waals surface area (Å²) in [5, 5.41) is 0. The smallest absolute Gasteiger partial charge is 0.255 e. The first-order chi connectivity index (χ1) is 8.08. The first-order valence-electron chi connectivity index (χ1n) is 5.98. The van der Waals surface area contributed by atoms with Crippen LogP contribution in [0.1, 0.15) is 30.6 Å². The van der Waals surface area contributed by atoms with Gasteiger partial charge in [-0.25, -0.2) is 4.98 Å². The van der Waals surface area contributed by atoms with Crippen LogP contribution in [-0.2, 0) is 0 Å². The van der Waals surface area contributed by atoms with Gasteiger partial charge in [0.2, 0.25) is 0 Å². The molecule has 1 unspecified atom stereocenters. The van der Waals surface area contributed by atoms with E-state index in [1.807, 2.05) is 17.0 Å². The number of nitrogens with zero attached hydrogens (tertiary/aromatic N) is 2. The summed E-state index contributed by atoms with van der Waals surface area (Å²) >= 11 is 3.27. The molecule has 1 saturated heterocycles. The summed E-state index contributed by atoms with van der Waals surface area (Å²) in [6, 6.07) is 3.63. The lowest BCUT2D eigenvalue weighted by atomic mass is 9.95. The summed E-state index contributed by atoms with van der Waals surface area (Å²) < 4.78 is 0.760. The van der Waals surface area contributed by atoms with Gasteiger partial charge in [0, 0.05) is 19.3 Å². The predicted octanol–water partition coefficient (Wildman–Crippen LogP) is 2.96. The van der Waals surface area contributed by atoms with Crippen molar-refractivity contribution >= 4 is 21.8 Å². The van der Waals surface area contributed by atoms with Crippen LogP contribution in [0, 0.1) is 11.8 Å². The molecule has 0 radical (unpaired) electrons. The molecule has 1 atom stereocenters. The van der Waals surface area contributed by atoms with Gasteiger partial charge >= 0.3 is 0 Å². The van der Waals surface area contributed by atoms with E-state index >= 15 is 0 Å². The van der Waals surface area contributed by atoms with Crippen molar-refractivity contribution in [2.75, 3.05) is 13.1 Å². The summed E-state index contributed by atoms with van der Waals surface area (Å²) in [5.74, 6) is 1.39. The lowest BCUT2D eigenvalue weighted by Crippen LogP contribution is -2.29. The van der Waals surface area contributed by atoms with Crippen LogP contribution in [0.4, 0.5) is 0 Å². The summed E-state index contributed by atoms with van der Waals surface area (Å²) in [5.41, 5.74) is 0.678. The van der Waals surface area contributed by atoms with Crippen molar-refractivity contribution in [3.8, 4) is 0 Å². The molecule has 2 heterocycles. The van der Waals surface area contributed by atoms with Crippen LogP contribution in [0.15, 0.2) is 22.9 Å². The fourth-order valence-corrected chi connectivity index (χ4v) is 2.44. The van der Waals surface area contributed by atoms with Crippen molar-refractivity contribution < 1.29 is 4.79 Å². The molecule has 1 amide bonds. The first-order valence-corrected chi connectivity index (χ1v) is 6.78. The Hall–Kier alpha value is -0.900. The maximum Gasteiger partial charge on any atom is 0.255 e. The van der Waals surface area contributed by atoms with E-state index in [-0.39, 0.29) is 5.91 Å². The molecular weight excluding hydrogens is 280 g/mol. The molecule has 1 aromatic rings. The lowest BCUT2D eigenvalue weighted by molar-refractivity contribution is 0.0783. The maximum absolute atomic E-state index is 12.2. The normalized spacial score (nSPS) is 20.0. The number of pyridine rings is 1. The van der Waals surface area contributed by atoms with Crippen LogP contribution >= 0.6 is 15.9 Å². The number of aromatic nitrogens is 1. The Kier molecular flexibility index (Phi) is 3.82. The average molecular weight is 297 g/mol. The highest BCUT2D eigenvalue weighted by atomic mass is 79.9. The highest BCUT2D eigenvalue weighted by Gasteiger charge is 2.28. The Bertz CT molecular complexity index is 402. The zero-order valence-electron chi connectivity index (χ0n) is 10.2. The lowest BCUT2D eigenvalue weighted by Gasteiger charge is -2.18. The van der Waals surface area contributed by atoms with Gasteiger partial charge in [-0.3, -0.25) is 4.79 Å². The van der Waals surface area contributed by atoms with Crippen LogP contribution in [0.25, 0.3) is 0 Å². The predicted molar refractivity (Wildman–Crippen MR) is 70.8 cm³/mol. The molecule has 0 aliphatic carbocycles. The van der Waals surface area contributed by atoms with E-state index in [0.29, 0.717) is 17.4 Å². The number of halogens is 1. The van der Waals surface area contributed by atoms with Crippen molar-refractivity contribution in [2.24, 2.45) is 11.8 Å². The fourth-order valence-electron chi connectivity index (χ4n) is 2.20. The van der Waals surface area contributed by atoms with Crippen LogP contribution in [-0.4, -0.2) is 28.9 Å². The Labute approximate surface area is 110 Å². The third kappa shape index (κ3) is 2.86. The van der Waals surface area contributed by atoms with Gasteiger partial charge in [-0.2, -0.15) is 0 Å². The standard InChI is InChI=1S/C13H17BrN2O/c1-9(2)11-5-6-16(8-11)13(17)10-3-4-12(14)15-7-10/h3-4,7,9,11H,5-6,8H2,1-2H3. The van der Waals surface area contributed by atoms with E-state index in [1.54, 1.807) is 6.20 Å². The molecule has 1 fully saturated rings. The number of hydrogen-bond donors (Lipinski definition) is 0.